The third-order valence-corrected chi connectivity index (χ3v) is 3.69. The number of rotatable bonds is 7. The van der Waals surface area contributed by atoms with Crippen molar-refractivity contribution in [2.24, 2.45) is 0 Å². The van der Waals surface area contributed by atoms with Gasteiger partial charge in [0.1, 0.15) is 5.75 Å². The first-order valence-electron chi connectivity index (χ1n) is 6.85. The number of carbonyl (C=O) groups is 1. The van der Waals surface area contributed by atoms with E-state index in [-0.39, 0.29) is 25.2 Å². The average Bonchev–Trinajstić information content (AvgIpc) is 2.54. The Labute approximate surface area is 142 Å². The third-order valence-electron chi connectivity index (χ3n) is 2.97. The summed E-state index contributed by atoms with van der Waals surface area (Å²) in [6.45, 7) is -0.214. The van der Waals surface area contributed by atoms with Crippen LogP contribution in [-0.4, -0.2) is 35.3 Å². The second-order valence-corrected chi connectivity index (χ2v) is 6.00. The first-order valence-corrected chi connectivity index (χ1v) is 7.92. The quantitative estimate of drug-likeness (QED) is 0.681. The van der Waals surface area contributed by atoms with Crippen LogP contribution in [0.2, 0.25) is 0 Å². The maximum Gasteiger partial charge on any atom is 0.258 e. The molecule has 0 bridgehead atoms. The number of halogens is 1. The van der Waals surface area contributed by atoms with Gasteiger partial charge in [-0.25, -0.2) is 0 Å². The van der Waals surface area contributed by atoms with Gasteiger partial charge in [-0.1, -0.05) is 6.07 Å². The van der Waals surface area contributed by atoms with Crippen molar-refractivity contribution in [3.63, 3.8) is 0 Å². The molecular formula is C16H17IN2O3. The summed E-state index contributed by atoms with van der Waals surface area (Å²) in [5, 5.41) is 12.1. The third kappa shape index (κ3) is 5.61. The Balaban J connectivity index is 1.80. The lowest BCUT2D eigenvalue weighted by molar-refractivity contribution is -0.124. The standard InChI is InChI=1S/C16H17IN2O3/c17-13-3-5-15(6-4-13)22-11-16(21)19-14(10-20)8-12-2-1-7-18-9-12/h1-7,9,14,20H,8,10-11H2,(H,19,21). The summed E-state index contributed by atoms with van der Waals surface area (Å²) in [6, 6.07) is 10.8. The number of ether oxygens (including phenoxy) is 1. The maximum atomic E-state index is 11.9. The highest BCUT2D eigenvalue weighted by atomic mass is 127. The van der Waals surface area contributed by atoms with E-state index in [9.17, 15) is 9.90 Å². The second kappa shape index (κ2) is 8.70. The van der Waals surface area contributed by atoms with Crippen LogP contribution in [0.5, 0.6) is 5.75 Å². The minimum absolute atomic E-state index is 0.0792. The topological polar surface area (TPSA) is 71.5 Å². The van der Waals surface area contributed by atoms with E-state index in [4.69, 9.17) is 4.74 Å². The van der Waals surface area contributed by atoms with E-state index in [0.717, 1.165) is 9.13 Å². The summed E-state index contributed by atoms with van der Waals surface area (Å²) in [7, 11) is 0. The van der Waals surface area contributed by atoms with Crippen molar-refractivity contribution >= 4 is 28.5 Å². The van der Waals surface area contributed by atoms with Gasteiger partial charge in [-0.3, -0.25) is 9.78 Å². The van der Waals surface area contributed by atoms with Gasteiger partial charge >= 0.3 is 0 Å². The molecule has 0 fully saturated rings. The van der Waals surface area contributed by atoms with Gasteiger partial charge in [0.15, 0.2) is 6.61 Å². The first-order chi connectivity index (χ1) is 10.7. The van der Waals surface area contributed by atoms with E-state index in [1.54, 1.807) is 12.4 Å². The fourth-order valence-corrected chi connectivity index (χ4v) is 2.27. The number of hydrogen-bond donors (Lipinski definition) is 2. The molecule has 0 saturated heterocycles. The average molecular weight is 412 g/mol. The molecule has 2 N–H and O–H groups in total. The molecular weight excluding hydrogens is 395 g/mol. The summed E-state index contributed by atoms with van der Waals surface area (Å²) < 4.78 is 6.51. The van der Waals surface area contributed by atoms with Crippen molar-refractivity contribution in [1.82, 2.24) is 10.3 Å². The number of pyridine rings is 1. The molecule has 2 aromatic rings. The van der Waals surface area contributed by atoms with Crippen molar-refractivity contribution < 1.29 is 14.6 Å². The molecule has 1 heterocycles. The summed E-state index contributed by atoms with van der Waals surface area (Å²) in [5.41, 5.74) is 0.959. The lowest BCUT2D eigenvalue weighted by Gasteiger charge is -2.16. The molecule has 6 heteroatoms. The molecule has 1 aromatic carbocycles. The van der Waals surface area contributed by atoms with Gasteiger partial charge in [-0.2, -0.15) is 0 Å². The van der Waals surface area contributed by atoms with Gasteiger partial charge in [0.2, 0.25) is 0 Å². The molecule has 116 valence electrons. The number of amides is 1. The maximum absolute atomic E-state index is 11.9. The Hall–Kier alpha value is -1.67. The van der Waals surface area contributed by atoms with E-state index in [0.29, 0.717) is 12.2 Å². The number of aliphatic hydroxyl groups is 1. The monoisotopic (exact) mass is 412 g/mol. The minimum atomic E-state index is -0.350. The number of nitrogens with one attached hydrogen (secondary N) is 1. The van der Waals surface area contributed by atoms with E-state index in [2.05, 4.69) is 32.9 Å². The summed E-state index contributed by atoms with van der Waals surface area (Å²) in [5.74, 6) is 0.380. The van der Waals surface area contributed by atoms with E-state index in [1.807, 2.05) is 36.4 Å². The molecule has 2 rings (SSSR count). The zero-order valence-electron chi connectivity index (χ0n) is 11.9. The molecule has 1 amide bonds. The first kappa shape index (κ1) is 16.7. The van der Waals surface area contributed by atoms with Gasteiger partial charge in [-0.15, -0.1) is 0 Å². The van der Waals surface area contributed by atoms with Crippen LogP contribution in [0.1, 0.15) is 5.56 Å². The molecule has 0 saturated carbocycles. The van der Waals surface area contributed by atoms with Crippen LogP contribution in [0.4, 0.5) is 0 Å². The largest absolute Gasteiger partial charge is 0.484 e. The normalized spacial score (nSPS) is 11.7. The Bertz CT molecular complexity index is 590. The zero-order valence-corrected chi connectivity index (χ0v) is 14.1. The molecule has 22 heavy (non-hydrogen) atoms. The molecule has 1 atom stereocenters. The smallest absolute Gasteiger partial charge is 0.258 e. The van der Waals surface area contributed by atoms with Gasteiger partial charge < -0.3 is 15.2 Å². The van der Waals surface area contributed by atoms with Gasteiger partial charge in [0, 0.05) is 16.0 Å². The Morgan fingerprint density at radius 3 is 2.73 bits per heavy atom. The van der Waals surface area contributed by atoms with Gasteiger partial charge in [0.25, 0.3) is 5.91 Å². The summed E-state index contributed by atoms with van der Waals surface area (Å²) in [4.78, 5) is 15.9. The fourth-order valence-electron chi connectivity index (χ4n) is 1.91. The van der Waals surface area contributed by atoms with Gasteiger partial charge in [-0.05, 0) is 64.9 Å². The fraction of sp³-hybridized carbons (Fsp3) is 0.250. The highest BCUT2D eigenvalue weighted by Gasteiger charge is 2.12. The molecule has 0 aliphatic heterocycles. The molecule has 0 spiro atoms. The van der Waals surface area contributed by atoms with E-state index < -0.39 is 0 Å². The lowest BCUT2D eigenvalue weighted by Crippen LogP contribution is -2.41. The number of aliphatic hydroxyl groups excluding tert-OH is 1. The van der Waals surface area contributed by atoms with Crippen LogP contribution >= 0.6 is 22.6 Å². The van der Waals surface area contributed by atoms with Crippen LogP contribution in [-0.2, 0) is 11.2 Å². The minimum Gasteiger partial charge on any atom is -0.484 e. The zero-order chi connectivity index (χ0) is 15.8. The Morgan fingerprint density at radius 2 is 2.09 bits per heavy atom. The summed E-state index contributed by atoms with van der Waals surface area (Å²) >= 11 is 2.20. The van der Waals surface area contributed by atoms with Gasteiger partial charge in [0.05, 0.1) is 12.6 Å². The SMILES string of the molecule is O=C(COc1ccc(I)cc1)NC(CO)Cc1cccnc1. The molecule has 0 radical (unpaired) electrons. The van der Waals surface area contributed by atoms with Crippen molar-refractivity contribution in [2.45, 2.75) is 12.5 Å². The van der Waals surface area contributed by atoms with E-state index >= 15 is 0 Å². The van der Waals surface area contributed by atoms with Crippen LogP contribution in [0, 0.1) is 3.57 Å². The summed E-state index contributed by atoms with van der Waals surface area (Å²) in [6.07, 6.45) is 3.93. The van der Waals surface area contributed by atoms with Crippen molar-refractivity contribution in [1.29, 1.82) is 0 Å². The number of aromatic nitrogens is 1. The Kier molecular flexibility index (Phi) is 6.60. The Morgan fingerprint density at radius 1 is 1.32 bits per heavy atom. The lowest BCUT2D eigenvalue weighted by atomic mass is 10.1. The van der Waals surface area contributed by atoms with Crippen molar-refractivity contribution in [3.05, 3.63) is 57.9 Å². The molecule has 0 aliphatic rings. The van der Waals surface area contributed by atoms with Crippen molar-refractivity contribution in [2.75, 3.05) is 13.2 Å². The molecule has 0 aliphatic carbocycles. The number of hydrogen-bond acceptors (Lipinski definition) is 4. The number of benzene rings is 1. The molecule has 1 aromatic heterocycles. The predicted octanol–water partition coefficient (Wildman–Crippen LogP) is 1.78. The molecule has 1 unspecified atom stereocenters. The van der Waals surface area contributed by atoms with E-state index in [1.165, 1.54) is 0 Å². The second-order valence-electron chi connectivity index (χ2n) is 4.76. The highest BCUT2D eigenvalue weighted by molar-refractivity contribution is 14.1. The molecule has 5 nitrogen and oxygen atoms in total. The predicted molar refractivity (Wildman–Crippen MR) is 91.6 cm³/mol. The van der Waals surface area contributed by atoms with Crippen molar-refractivity contribution in [3.8, 4) is 5.75 Å². The number of carbonyl (C=O) groups excluding carboxylic acids is 1. The van der Waals surface area contributed by atoms with Crippen LogP contribution < -0.4 is 10.1 Å². The highest BCUT2D eigenvalue weighted by Crippen LogP contribution is 2.13. The van der Waals surface area contributed by atoms with Crippen LogP contribution in [0.15, 0.2) is 48.8 Å². The number of nitrogens with zero attached hydrogens (tertiary/aromatic N) is 1. The van der Waals surface area contributed by atoms with Crippen LogP contribution in [0.3, 0.4) is 0 Å². The van der Waals surface area contributed by atoms with Crippen LogP contribution in [0.25, 0.3) is 0 Å².